The van der Waals surface area contributed by atoms with Crippen molar-refractivity contribution in [3.63, 3.8) is 0 Å². The van der Waals surface area contributed by atoms with Gasteiger partial charge >= 0.3 is 0 Å². The SMILES string of the molecule is CCCC1NC2(CC2)C(=O)N1CCCC1CCCC1. The third kappa shape index (κ3) is 2.67. The molecule has 1 heterocycles. The van der Waals surface area contributed by atoms with E-state index in [9.17, 15) is 4.79 Å². The van der Waals surface area contributed by atoms with E-state index in [1.54, 1.807) is 0 Å². The summed E-state index contributed by atoms with van der Waals surface area (Å²) in [5.74, 6) is 1.35. The molecule has 1 spiro atoms. The summed E-state index contributed by atoms with van der Waals surface area (Å²) in [6, 6.07) is 0. The van der Waals surface area contributed by atoms with Crippen LogP contribution in [0.2, 0.25) is 0 Å². The Hall–Kier alpha value is -0.570. The molecule has 0 bridgehead atoms. The predicted octanol–water partition coefficient (Wildman–Crippen LogP) is 3.05. The number of hydrogen-bond acceptors (Lipinski definition) is 2. The summed E-state index contributed by atoms with van der Waals surface area (Å²) in [4.78, 5) is 14.6. The Bertz CT molecular complexity index is 332. The largest absolute Gasteiger partial charge is 0.326 e. The summed E-state index contributed by atoms with van der Waals surface area (Å²) in [7, 11) is 0. The van der Waals surface area contributed by atoms with Gasteiger partial charge in [0.25, 0.3) is 0 Å². The maximum atomic E-state index is 12.5. The molecule has 108 valence electrons. The molecule has 2 aliphatic carbocycles. The second-order valence-electron chi connectivity index (χ2n) is 6.82. The molecule has 0 aromatic heterocycles. The molecule has 1 N–H and O–H groups in total. The molecule has 19 heavy (non-hydrogen) atoms. The van der Waals surface area contributed by atoms with E-state index in [4.69, 9.17) is 0 Å². The van der Waals surface area contributed by atoms with Crippen molar-refractivity contribution in [1.82, 2.24) is 10.2 Å². The smallest absolute Gasteiger partial charge is 0.244 e. The Kier molecular flexibility index (Phi) is 3.84. The van der Waals surface area contributed by atoms with Crippen molar-refractivity contribution in [3.8, 4) is 0 Å². The van der Waals surface area contributed by atoms with E-state index in [1.807, 2.05) is 0 Å². The van der Waals surface area contributed by atoms with E-state index in [0.717, 1.165) is 38.1 Å². The van der Waals surface area contributed by atoms with Crippen LogP contribution in [0.5, 0.6) is 0 Å². The average molecular weight is 264 g/mol. The van der Waals surface area contributed by atoms with Gasteiger partial charge in [0, 0.05) is 6.54 Å². The molecule has 0 aromatic carbocycles. The van der Waals surface area contributed by atoms with Crippen molar-refractivity contribution in [2.45, 2.75) is 82.8 Å². The van der Waals surface area contributed by atoms with E-state index in [0.29, 0.717) is 12.1 Å². The third-order valence-electron chi connectivity index (χ3n) is 5.29. The van der Waals surface area contributed by atoms with Crippen molar-refractivity contribution >= 4 is 5.91 Å². The van der Waals surface area contributed by atoms with Crippen LogP contribution in [0.1, 0.15) is 71.1 Å². The number of nitrogens with one attached hydrogen (secondary N) is 1. The Labute approximate surface area is 117 Å². The van der Waals surface area contributed by atoms with E-state index in [-0.39, 0.29) is 5.54 Å². The molecule has 0 aromatic rings. The summed E-state index contributed by atoms with van der Waals surface area (Å²) in [5, 5.41) is 3.60. The number of nitrogens with zero attached hydrogens (tertiary/aromatic N) is 1. The van der Waals surface area contributed by atoms with Crippen LogP contribution in [0.15, 0.2) is 0 Å². The topological polar surface area (TPSA) is 32.3 Å². The first-order valence-electron chi connectivity index (χ1n) is 8.34. The third-order valence-corrected chi connectivity index (χ3v) is 5.29. The van der Waals surface area contributed by atoms with E-state index < -0.39 is 0 Å². The van der Waals surface area contributed by atoms with Crippen LogP contribution in [-0.4, -0.2) is 29.1 Å². The van der Waals surface area contributed by atoms with Crippen LogP contribution < -0.4 is 5.32 Å². The zero-order valence-electron chi connectivity index (χ0n) is 12.3. The summed E-state index contributed by atoms with van der Waals surface area (Å²) >= 11 is 0. The fraction of sp³-hybridized carbons (Fsp3) is 0.938. The molecule has 3 heteroatoms. The number of carbonyl (C=O) groups excluding carboxylic acids is 1. The van der Waals surface area contributed by atoms with Crippen LogP contribution in [0.4, 0.5) is 0 Å². The average Bonchev–Trinajstić information content (AvgIpc) is 2.90. The zero-order valence-corrected chi connectivity index (χ0v) is 12.3. The van der Waals surface area contributed by atoms with Crippen LogP contribution in [0.3, 0.4) is 0 Å². The van der Waals surface area contributed by atoms with E-state index in [2.05, 4.69) is 17.1 Å². The maximum absolute atomic E-state index is 12.5. The van der Waals surface area contributed by atoms with Gasteiger partial charge < -0.3 is 4.90 Å². The first-order valence-corrected chi connectivity index (χ1v) is 8.34. The molecule has 3 aliphatic rings. The molecular formula is C16H28N2O. The zero-order chi connectivity index (χ0) is 13.3. The van der Waals surface area contributed by atoms with Crippen LogP contribution in [0, 0.1) is 5.92 Å². The maximum Gasteiger partial charge on any atom is 0.244 e. The highest BCUT2D eigenvalue weighted by atomic mass is 16.2. The summed E-state index contributed by atoms with van der Waals surface area (Å²) in [6.07, 6.45) is 12.9. The molecule has 1 atom stereocenters. The van der Waals surface area contributed by atoms with Gasteiger partial charge in [0.2, 0.25) is 5.91 Å². The quantitative estimate of drug-likeness (QED) is 0.799. The summed E-state index contributed by atoms with van der Waals surface area (Å²) in [5.41, 5.74) is -0.118. The number of hydrogen-bond donors (Lipinski definition) is 1. The van der Waals surface area contributed by atoms with Gasteiger partial charge in [0.05, 0.1) is 11.7 Å². The van der Waals surface area contributed by atoms with Gasteiger partial charge in [-0.25, -0.2) is 0 Å². The normalized spacial score (nSPS) is 29.6. The second kappa shape index (κ2) is 5.43. The van der Waals surface area contributed by atoms with Crippen molar-refractivity contribution in [1.29, 1.82) is 0 Å². The lowest BCUT2D eigenvalue weighted by molar-refractivity contribution is -0.130. The molecule has 2 saturated carbocycles. The van der Waals surface area contributed by atoms with Gasteiger partial charge in [0.1, 0.15) is 0 Å². The predicted molar refractivity (Wildman–Crippen MR) is 76.7 cm³/mol. The molecule has 1 aliphatic heterocycles. The minimum absolute atomic E-state index is 0.118. The summed E-state index contributed by atoms with van der Waals surface area (Å²) in [6.45, 7) is 3.19. The molecule has 3 rings (SSSR count). The summed E-state index contributed by atoms with van der Waals surface area (Å²) < 4.78 is 0. The lowest BCUT2D eigenvalue weighted by atomic mass is 10.0. The van der Waals surface area contributed by atoms with Crippen molar-refractivity contribution in [2.24, 2.45) is 5.92 Å². The Morgan fingerprint density at radius 1 is 1.26 bits per heavy atom. The second-order valence-corrected chi connectivity index (χ2v) is 6.82. The molecular weight excluding hydrogens is 236 g/mol. The van der Waals surface area contributed by atoms with Crippen LogP contribution in [-0.2, 0) is 4.79 Å². The lowest BCUT2D eigenvalue weighted by Crippen LogP contribution is -2.38. The number of rotatable bonds is 6. The number of amides is 1. The highest BCUT2D eigenvalue weighted by Gasteiger charge is 2.58. The van der Waals surface area contributed by atoms with Crippen LogP contribution >= 0.6 is 0 Å². The van der Waals surface area contributed by atoms with E-state index >= 15 is 0 Å². The van der Waals surface area contributed by atoms with Crippen molar-refractivity contribution in [2.75, 3.05) is 6.54 Å². The van der Waals surface area contributed by atoms with Gasteiger partial charge in [-0.3, -0.25) is 10.1 Å². The Morgan fingerprint density at radius 3 is 2.63 bits per heavy atom. The van der Waals surface area contributed by atoms with Crippen LogP contribution in [0.25, 0.3) is 0 Å². The molecule has 1 unspecified atom stereocenters. The minimum atomic E-state index is -0.118. The minimum Gasteiger partial charge on any atom is -0.326 e. The van der Waals surface area contributed by atoms with E-state index in [1.165, 1.54) is 38.5 Å². The standard InChI is InChI=1S/C16H28N2O/c1-2-6-14-17-16(10-11-16)15(19)18(14)12-5-9-13-7-3-4-8-13/h13-14,17H,2-12H2,1H3. The Morgan fingerprint density at radius 2 is 2.00 bits per heavy atom. The molecule has 3 nitrogen and oxygen atoms in total. The highest BCUT2D eigenvalue weighted by Crippen LogP contribution is 2.43. The highest BCUT2D eigenvalue weighted by molar-refractivity contribution is 5.91. The fourth-order valence-electron chi connectivity index (χ4n) is 3.97. The monoisotopic (exact) mass is 264 g/mol. The van der Waals surface area contributed by atoms with Gasteiger partial charge in [-0.15, -0.1) is 0 Å². The molecule has 3 fully saturated rings. The lowest BCUT2D eigenvalue weighted by Gasteiger charge is -2.24. The number of carbonyl (C=O) groups is 1. The van der Waals surface area contributed by atoms with Crippen molar-refractivity contribution < 1.29 is 4.79 Å². The fourth-order valence-corrected chi connectivity index (χ4v) is 3.97. The first-order chi connectivity index (χ1) is 9.25. The molecule has 1 saturated heterocycles. The van der Waals surface area contributed by atoms with Gasteiger partial charge in [-0.1, -0.05) is 39.0 Å². The van der Waals surface area contributed by atoms with Gasteiger partial charge in [0.15, 0.2) is 0 Å². The molecule has 0 radical (unpaired) electrons. The first kappa shape index (κ1) is 13.4. The van der Waals surface area contributed by atoms with Crippen molar-refractivity contribution in [3.05, 3.63) is 0 Å². The van der Waals surface area contributed by atoms with Gasteiger partial charge in [-0.2, -0.15) is 0 Å². The van der Waals surface area contributed by atoms with Gasteiger partial charge in [-0.05, 0) is 38.0 Å². The Balaban J connectivity index is 1.50. The molecule has 1 amide bonds.